The molecule has 1 saturated carbocycles. The smallest absolute Gasteiger partial charge is 0.234 e. The number of hydrogen-bond donors (Lipinski definition) is 0. The fourth-order valence-electron chi connectivity index (χ4n) is 4.30. The van der Waals surface area contributed by atoms with Gasteiger partial charge in [-0.25, -0.2) is 4.98 Å². The molecule has 2 aromatic heterocycles. The zero-order chi connectivity index (χ0) is 20.3. The van der Waals surface area contributed by atoms with Crippen molar-refractivity contribution >= 4 is 5.88 Å². The summed E-state index contributed by atoms with van der Waals surface area (Å²) in [6.07, 6.45) is 3.84. The van der Waals surface area contributed by atoms with Crippen LogP contribution in [-0.4, -0.2) is 47.6 Å². The van der Waals surface area contributed by atoms with Gasteiger partial charge in [-0.3, -0.25) is 9.88 Å². The summed E-state index contributed by atoms with van der Waals surface area (Å²) in [6, 6.07) is 18.8. The van der Waals surface area contributed by atoms with Gasteiger partial charge in [-0.2, -0.15) is 5.26 Å². The molecule has 3 aromatic rings. The van der Waals surface area contributed by atoms with Gasteiger partial charge in [-0.05, 0) is 30.0 Å². The Kier molecular flexibility index (Phi) is 5.20. The summed E-state index contributed by atoms with van der Waals surface area (Å²) in [4.78, 5) is 13.6. The van der Waals surface area contributed by atoms with E-state index in [0.29, 0.717) is 23.4 Å². The lowest BCUT2D eigenvalue weighted by molar-refractivity contribution is 0.255. The molecule has 0 unspecified atom stereocenters. The predicted octanol–water partition coefficient (Wildman–Crippen LogP) is 3.58. The van der Waals surface area contributed by atoms with E-state index in [9.17, 15) is 5.26 Å². The molecule has 3 heterocycles. The first-order valence-electron chi connectivity index (χ1n) is 10.6. The van der Waals surface area contributed by atoms with Crippen LogP contribution < -0.4 is 4.90 Å². The highest BCUT2D eigenvalue weighted by molar-refractivity contribution is 5.49. The summed E-state index contributed by atoms with van der Waals surface area (Å²) in [5, 5.41) is 9.59. The number of aromatic nitrogens is 2. The molecule has 0 spiro atoms. The average molecular weight is 399 g/mol. The third kappa shape index (κ3) is 3.94. The molecule has 6 nitrogen and oxygen atoms in total. The van der Waals surface area contributed by atoms with E-state index in [1.165, 1.54) is 5.56 Å². The van der Waals surface area contributed by atoms with Gasteiger partial charge < -0.3 is 9.32 Å². The summed E-state index contributed by atoms with van der Waals surface area (Å²) in [5.41, 5.74) is 2.87. The topological polar surface area (TPSA) is 69.2 Å². The average Bonchev–Trinajstić information content (AvgIpc) is 3.50. The Morgan fingerprint density at radius 1 is 1.00 bits per heavy atom. The maximum Gasteiger partial charge on any atom is 0.234 e. The van der Waals surface area contributed by atoms with Crippen molar-refractivity contribution in [2.24, 2.45) is 0 Å². The number of nitriles is 1. The van der Waals surface area contributed by atoms with E-state index in [1.807, 2.05) is 24.4 Å². The van der Waals surface area contributed by atoms with Crippen LogP contribution in [0.2, 0.25) is 0 Å². The minimum Gasteiger partial charge on any atom is -0.423 e. The van der Waals surface area contributed by atoms with Gasteiger partial charge in [0, 0.05) is 57.0 Å². The van der Waals surface area contributed by atoms with Crippen molar-refractivity contribution in [3.05, 3.63) is 77.6 Å². The Morgan fingerprint density at radius 3 is 2.53 bits per heavy atom. The van der Waals surface area contributed by atoms with Crippen LogP contribution in [-0.2, 0) is 6.42 Å². The molecule has 1 aromatic carbocycles. The standard InChI is InChI=1S/C24H25N5O/c25-17-22-24(30-23(27-22)21-16-20(21)18-6-2-1-3-7-18)29-14-12-28(13-15-29)11-9-19-8-4-5-10-26-19/h1-8,10,20-21H,9,11-16H2/t20-,21-/m1/s1. The second-order valence-electron chi connectivity index (χ2n) is 8.08. The van der Waals surface area contributed by atoms with Crippen LogP contribution in [0, 0.1) is 11.3 Å². The number of benzene rings is 1. The summed E-state index contributed by atoms with van der Waals surface area (Å²) in [5.74, 6) is 2.10. The van der Waals surface area contributed by atoms with Gasteiger partial charge in [0.15, 0.2) is 0 Å². The van der Waals surface area contributed by atoms with E-state index < -0.39 is 0 Å². The molecular weight excluding hydrogens is 374 g/mol. The molecule has 2 fully saturated rings. The number of oxazole rings is 1. The van der Waals surface area contributed by atoms with E-state index in [4.69, 9.17) is 4.42 Å². The van der Waals surface area contributed by atoms with Gasteiger partial charge in [0.1, 0.15) is 6.07 Å². The van der Waals surface area contributed by atoms with Crippen molar-refractivity contribution < 1.29 is 4.42 Å². The van der Waals surface area contributed by atoms with Crippen molar-refractivity contribution in [1.29, 1.82) is 5.26 Å². The minimum absolute atomic E-state index is 0.285. The SMILES string of the molecule is N#Cc1nc([C@@H]2C[C@@H]2c2ccccc2)oc1N1CCN(CCc2ccccn2)CC1. The van der Waals surface area contributed by atoms with E-state index in [0.717, 1.165) is 51.3 Å². The van der Waals surface area contributed by atoms with Crippen LogP contribution in [0.3, 0.4) is 0 Å². The number of pyridine rings is 1. The summed E-state index contributed by atoms with van der Waals surface area (Å²) in [6.45, 7) is 4.59. The van der Waals surface area contributed by atoms with Gasteiger partial charge in [-0.15, -0.1) is 0 Å². The van der Waals surface area contributed by atoms with Crippen molar-refractivity contribution in [3.8, 4) is 6.07 Å². The third-order valence-electron chi connectivity index (χ3n) is 6.14. The molecule has 0 amide bonds. The number of anilines is 1. The number of piperazine rings is 1. The van der Waals surface area contributed by atoms with Crippen molar-refractivity contribution in [3.63, 3.8) is 0 Å². The molecule has 1 aliphatic heterocycles. The van der Waals surface area contributed by atoms with E-state index in [1.54, 1.807) is 0 Å². The molecule has 0 bridgehead atoms. The Labute approximate surface area is 176 Å². The molecule has 152 valence electrons. The van der Waals surface area contributed by atoms with E-state index >= 15 is 0 Å². The highest BCUT2D eigenvalue weighted by Crippen LogP contribution is 2.54. The summed E-state index contributed by atoms with van der Waals surface area (Å²) in [7, 11) is 0. The fourth-order valence-corrected chi connectivity index (χ4v) is 4.30. The zero-order valence-electron chi connectivity index (χ0n) is 16.9. The molecule has 6 heteroatoms. The fraction of sp³-hybridized carbons (Fsp3) is 0.375. The van der Waals surface area contributed by atoms with Crippen LogP contribution in [0.25, 0.3) is 0 Å². The number of nitrogens with zero attached hydrogens (tertiary/aromatic N) is 5. The van der Waals surface area contributed by atoms with E-state index in [-0.39, 0.29) is 5.92 Å². The zero-order valence-corrected chi connectivity index (χ0v) is 16.9. The largest absolute Gasteiger partial charge is 0.423 e. The molecule has 2 aliphatic rings. The third-order valence-corrected chi connectivity index (χ3v) is 6.14. The Hall–Kier alpha value is -3.17. The molecule has 30 heavy (non-hydrogen) atoms. The molecule has 2 atom stereocenters. The van der Waals surface area contributed by atoms with Gasteiger partial charge >= 0.3 is 0 Å². The predicted molar refractivity (Wildman–Crippen MR) is 114 cm³/mol. The monoisotopic (exact) mass is 399 g/mol. The van der Waals surface area contributed by atoms with Gasteiger partial charge in [0.05, 0.1) is 0 Å². The van der Waals surface area contributed by atoms with Crippen LogP contribution in [0.1, 0.15) is 41.1 Å². The van der Waals surface area contributed by atoms with Crippen LogP contribution in [0.15, 0.2) is 59.1 Å². The quantitative estimate of drug-likeness (QED) is 0.631. The lowest BCUT2D eigenvalue weighted by Gasteiger charge is -2.34. The summed E-state index contributed by atoms with van der Waals surface area (Å²) >= 11 is 0. The van der Waals surface area contributed by atoms with Crippen LogP contribution in [0.4, 0.5) is 5.88 Å². The first-order chi connectivity index (χ1) is 14.8. The molecule has 1 saturated heterocycles. The Balaban J connectivity index is 1.20. The molecule has 1 aliphatic carbocycles. The highest BCUT2D eigenvalue weighted by Gasteiger charge is 2.44. The van der Waals surface area contributed by atoms with E-state index in [2.05, 4.69) is 56.2 Å². The lowest BCUT2D eigenvalue weighted by Crippen LogP contribution is -2.47. The lowest BCUT2D eigenvalue weighted by atomic mass is 10.1. The van der Waals surface area contributed by atoms with Gasteiger partial charge in [0.25, 0.3) is 0 Å². The normalized spacial score (nSPS) is 21.4. The highest BCUT2D eigenvalue weighted by atomic mass is 16.4. The number of hydrogen-bond acceptors (Lipinski definition) is 6. The maximum atomic E-state index is 9.59. The molecular formula is C24H25N5O. The Morgan fingerprint density at radius 2 is 1.80 bits per heavy atom. The maximum absolute atomic E-state index is 9.59. The minimum atomic E-state index is 0.285. The molecule has 0 N–H and O–H groups in total. The summed E-state index contributed by atoms with van der Waals surface area (Å²) < 4.78 is 6.15. The molecule has 5 rings (SSSR count). The van der Waals surface area contributed by atoms with Gasteiger partial charge in [0.2, 0.25) is 17.5 Å². The van der Waals surface area contributed by atoms with Crippen molar-refractivity contribution in [1.82, 2.24) is 14.9 Å². The first kappa shape index (κ1) is 18.8. The van der Waals surface area contributed by atoms with Crippen LogP contribution in [0.5, 0.6) is 0 Å². The first-order valence-corrected chi connectivity index (χ1v) is 10.6. The van der Waals surface area contributed by atoms with Crippen molar-refractivity contribution in [2.45, 2.75) is 24.7 Å². The van der Waals surface area contributed by atoms with Gasteiger partial charge in [-0.1, -0.05) is 36.4 Å². The second-order valence-corrected chi connectivity index (χ2v) is 8.08. The van der Waals surface area contributed by atoms with Crippen molar-refractivity contribution in [2.75, 3.05) is 37.6 Å². The Bertz CT molecular complexity index is 1020. The number of rotatable bonds is 6. The van der Waals surface area contributed by atoms with Crippen LogP contribution >= 0.6 is 0 Å². The molecule has 0 radical (unpaired) electrons. The second kappa shape index (κ2) is 8.29.